The monoisotopic (exact) mass is 279 g/mol. The molecule has 1 aromatic carbocycles. The molecule has 1 fully saturated rings. The molecule has 1 aliphatic rings. The molecule has 0 aromatic heterocycles. The summed E-state index contributed by atoms with van der Waals surface area (Å²) in [5, 5.41) is 9.40. The van der Waals surface area contributed by atoms with Crippen molar-refractivity contribution >= 4 is 15.9 Å². The lowest BCUT2D eigenvalue weighted by atomic mass is 9.64. The van der Waals surface area contributed by atoms with Gasteiger partial charge >= 0.3 is 0 Å². The highest BCUT2D eigenvalue weighted by atomic mass is 79.9. The molecular weight excluding hydrogens is 266 g/mol. The third kappa shape index (κ3) is 1.53. The van der Waals surface area contributed by atoms with Crippen molar-refractivity contribution in [1.82, 2.24) is 0 Å². The first kappa shape index (κ1) is 11.5. The smallest absolute Gasteiger partial charge is 0.124 e. The van der Waals surface area contributed by atoms with Gasteiger partial charge in [0.15, 0.2) is 0 Å². The summed E-state index contributed by atoms with van der Waals surface area (Å²) in [6, 6.07) is 6.38. The van der Waals surface area contributed by atoms with Crippen molar-refractivity contribution in [1.29, 1.82) is 5.26 Å². The molecule has 1 aromatic rings. The average Bonchev–Trinajstić information content (AvgIpc) is 2.23. The Balaban J connectivity index is 2.62. The summed E-state index contributed by atoms with van der Waals surface area (Å²) < 4.78 is 6.44. The van der Waals surface area contributed by atoms with Gasteiger partial charge in [-0.1, -0.05) is 15.9 Å². The molecule has 0 heterocycles. The first-order valence-electron chi connectivity index (χ1n) is 5.39. The van der Waals surface area contributed by atoms with E-state index < -0.39 is 0 Å². The Morgan fingerprint density at radius 3 is 2.56 bits per heavy atom. The van der Waals surface area contributed by atoms with Crippen molar-refractivity contribution < 1.29 is 4.74 Å². The molecule has 16 heavy (non-hydrogen) atoms. The summed E-state index contributed by atoms with van der Waals surface area (Å²) >= 11 is 3.52. The normalized spacial score (nSPS) is 17.4. The van der Waals surface area contributed by atoms with E-state index in [9.17, 15) is 5.26 Å². The fourth-order valence-electron chi connectivity index (χ4n) is 2.37. The Hall–Kier alpha value is -1.01. The molecule has 2 rings (SSSR count). The summed E-state index contributed by atoms with van der Waals surface area (Å²) in [5.74, 6) is 0.835. The van der Waals surface area contributed by atoms with Gasteiger partial charge in [-0.3, -0.25) is 0 Å². The second-order valence-electron chi connectivity index (χ2n) is 4.30. The van der Waals surface area contributed by atoms with Gasteiger partial charge in [0, 0.05) is 10.0 Å². The van der Waals surface area contributed by atoms with Crippen LogP contribution in [0, 0.1) is 18.3 Å². The zero-order chi connectivity index (χ0) is 11.8. The van der Waals surface area contributed by atoms with Gasteiger partial charge in [-0.2, -0.15) is 5.26 Å². The van der Waals surface area contributed by atoms with Gasteiger partial charge in [0.25, 0.3) is 0 Å². The largest absolute Gasteiger partial charge is 0.496 e. The first-order chi connectivity index (χ1) is 7.64. The number of methoxy groups -OCH3 is 1. The van der Waals surface area contributed by atoms with Crippen molar-refractivity contribution in [2.75, 3.05) is 7.11 Å². The van der Waals surface area contributed by atoms with Crippen LogP contribution in [0.5, 0.6) is 5.75 Å². The predicted octanol–water partition coefficient (Wildman–Crippen LogP) is 3.71. The van der Waals surface area contributed by atoms with Crippen LogP contribution in [-0.2, 0) is 5.41 Å². The highest BCUT2D eigenvalue weighted by molar-refractivity contribution is 9.10. The quantitative estimate of drug-likeness (QED) is 0.827. The van der Waals surface area contributed by atoms with E-state index in [2.05, 4.69) is 22.0 Å². The van der Waals surface area contributed by atoms with E-state index in [4.69, 9.17) is 4.74 Å². The fraction of sp³-hybridized carbons (Fsp3) is 0.462. The third-order valence-corrected chi connectivity index (χ3v) is 4.34. The van der Waals surface area contributed by atoms with Crippen molar-refractivity contribution in [2.45, 2.75) is 31.6 Å². The van der Waals surface area contributed by atoms with Crippen LogP contribution in [0.4, 0.5) is 0 Å². The van der Waals surface area contributed by atoms with Crippen LogP contribution in [0.2, 0.25) is 0 Å². The zero-order valence-corrected chi connectivity index (χ0v) is 11.1. The number of benzene rings is 1. The molecule has 0 amide bonds. The minimum atomic E-state index is -0.320. The molecule has 3 heteroatoms. The van der Waals surface area contributed by atoms with Crippen LogP contribution in [0.15, 0.2) is 16.6 Å². The maximum Gasteiger partial charge on any atom is 0.124 e. The first-order valence-corrected chi connectivity index (χ1v) is 6.19. The SMILES string of the molecule is COc1ccc(Br)c(C)c1C1(C#N)CCC1. The van der Waals surface area contributed by atoms with E-state index in [1.807, 2.05) is 19.1 Å². The maximum absolute atomic E-state index is 9.40. The van der Waals surface area contributed by atoms with E-state index in [-0.39, 0.29) is 5.41 Å². The molecular formula is C13H14BrNO. The van der Waals surface area contributed by atoms with Crippen LogP contribution in [0.3, 0.4) is 0 Å². The number of nitrogens with zero attached hydrogens (tertiary/aromatic N) is 1. The lowest BCUT2D eigenvalue weighted by Crippen LogP contribution is -2.33. The van der Waals surface area contributed by atoms with Crippen LogP contribution < -0.4 is 4.74 Å². The molecule has 1 aliphatic carbocycles. The van der Waals surface area contributed by atoms with Crippen LogP contribution in [-0.4, -0.2) is 7.11 Å². The number of ether oxygens (including phenoxy) is 1. The summed E-state index contributed by atoms with van der Waals surface area (Å²) in [6.07, 6.45) is 3.01. The Morgan fingerprint density at radius 2 is 2.12 bits per heavy atom. The molecule has 0 saturated heterocycles. The molecule has 0 atom stereocenters. The Morgan fingerprint density at radius 1 is 1.44 bits per heavy atom. The van der Waals surface area contributed by atoms with Crippen molar-refractivity contribution in [3.8, 4) is 11.8 Å². The highest BCUT2D eigenvalue weighted by Gasteiger charge is 2.42. The number of hydrogen-bond donors (Lipinski definition) is 0. The number of rotatable bonds is 2. The molecule has 0 N–H and O–H groups in total. The van der Waals surface area contributed by atoms with E-state index in [0.29, 0.717) is 0 Å². The second kappa shape index (κ2) is 4.10. The van der Waals surface area contributed by atoms with Gasteiger partial charge in [-0.15, -0.1) is 0 Å². The van der Waals surface area contributed by atoms with E-state index in [1.165, 1.54) is 0 Å². The summed E-state index contributed by atoms with van der Waals surface area (Å²) in [4.78, 5) is 0. The molecule has 0 aliphatic heterocycles. The third-order valence-electron chi connectivity index (χ3n) is 3.48. The van der Waals surface area contributed by atoms with Gasteiger partial charge in [0.2, 0.25) is 0 Å². The number of halogens is 1. The molecule has 1 saturated carbocycles. The van der Waals surface area contributed by atoms with Crippen LogP contribution >= 0.6 is 15.9 Å². The second-order valence-corrected chi connectivity index (χ2v) is 5.15. The summed E-state index contributed by atoms with van der Waals surface area (Å²) in [6.45, 7) is 2.04. The van der Waals surface area contributed by atoms with E-state index >= 15 is 0 Å². The molecule has 84 valence electrons. The maximum atomic E-state index is 9.40. The Labute approximate surface area is 104 Å². The number of hydrogen-bond acceptors (Lipinski definition) is 2. The van der Waals surface area contributed by atoms with Crippen LogP contribution in [0.1, 0.15) is 30.4 Å². The molecule has 2 nitrogen and oxygen atoms in total. The predicted molar refractivity (Wildman–Crippen MR) is 66.6 cm³/mol. The van der Waals surface area contributed by atoms with Crippen molar-refractivity contribution in [3.63, 3.8) is 0 Å². The summed E-state index contributed by atoms with van der Waals surface area (Å²) in [7, 11) is 1.66. The average molecular weight is 280 g/mol. The molecule has 0 unspecified atom stereocenters. The van der Waals surface area contributed by atoms with E-state index in [0.717, 1.165) is 40.6 Å². The van der Waals surface area contributed by atoms with Gasteiger partial charge in [0.05, 0.1) is 18.6 Å². The lowest BCUT2D eigenvalue weighted by Gasteiger charge is -2.37. The molecule has 0 spiro atoms. The van der Waals surface area contributed by atoms with E-state index in [1.54, 1.807) is 7.11 Å². The minimum Gasteiger partial charge on any atom is -0.496 e. The van der Waals surface area contributed by atoms with Crippen molar-refractivity contribution in [2.24, 2.45) is 0 Å². The molecule has 0 bridgehead atoms. The Bertz CT molecular complexity index is 458. The lowest BCUT2D eigenvalue weighted by molar-refractivity contribution is 0.305. The topological polar surface area (TPSA) is 33.0 Å². The minimum absolute atomic E-state index is 0.320. The van der Waals surface area contributed by atoms with Crippen molar-refractivity contribution in [3.05, 3.63) is 27.7 Å². The Kier molecular flexibility index (Phi) is 2.94. The van der Waals surface area contributed by atoms with Gasteiger partial charge in [-0.05, 0) is 43.9 Å². The standard InChI is InChI=1S/C13H14BrNO/c1-9-10(14)4-5-11(16-2)12(9)13(8-15)6-3-7-13/h4-5H,3,6-7H2,1-2H3. The fourth-order valence-corrected chi connectivity index (χ4v) is 2.70. The van der Waals surface area contributed by atoms with Gasteiger partial charge in [-0.25, -0.2) is 0 Å². The van der Waals surface area contributed by atoms with Gasteiger partial charge in [0.1, 0.15) is 5.75 Å². The molecule has 0 radical (unpaired) electrons. The summed E-state index contributed by atoms with van der Waals surface area (Å²) in [5.41, 5.74) is 1.87. The van der Waals surface area contributed by atoms with Gasteiger partial charge < -0.3 is 4.74 Å². The highest BCUT2D eigenvalue weighted by Crippen LogP contribution is 2.49. The van der Waals surface area contributed by atoms with Crippen LogP contribution in [0.25, 0.3) is 0 Å². The zero-order valence-electron chi connectivity index (χ0n) is 9.51. The number of nitriles is 1.